The molecule has 0 aromatic rings. The normalized spacial score (nSPS) is 19.4. The van der Waals surface area contributed by atoms with Gasteiger partial charge < -0.3 is 9.64 Å². The summed E-state index contributed by atoms with van der Waals surface area (Å²) in [7, 11) is 3.43. The highest BCUT2D eigenvalue weighted by Crippen LogP contribution is 2.38. The molecule has 4 nitrogen and oxygen atoms in total. The van der Waals surface area contributed by atoms with Gasteiger partial charge in [-0.2, -0.15) is 5.26 Å². The first-order valence-corrected chi connectivity index (χ1v) is 5.72. The van der Waals surface area contributed by atoms with Crippen molar-refractivity contribution in [2.24, 2.45) is 0 Å². The lowest BCUT2D eigenvalue weighted by Gasteiger charge is -2.41. The Morgan fingerprint density at radius 1 is 1.62 bits per heavy atom. The van der Waals surface area contributed by atoms with E-state index in [0.29, 0.717) is 12.8 Å². The lowest BCUT2D eigenvalue weighted by atomic mass is 9.77. The Bertz CT molecular complexity index is 286. The van der Waals surface area contributed by atoms with Crippen LogP contribution in [0.2, 0.25) is 0 Å². The SMILES string of the molecule is COC1(CC(=O)N(C)C(C)CC#N)CCC1. The minimum Gasteiger partial charge on any atom is -0.378 e. The number of hydrogen-bond donors (Lipinski definition) is 0. The van der Waals surface area contributed by atoms with Crippen molar-refractivity contribution in [1.29, 1.82) is 5.26 Å². The van der Waals surface area contributed by atoms with E-state index < -0.39 is 0 Å². The number of nitrogens with zero attached hydrogens (tertiary/aromatic N) is 2. The van der Waals surface area contributed by atoms with Crippen LogP contribution in [0.5, 0.6) is 0 Å². The maximum absolute atomic E-state index is 12.0. The fourth-order valence-corrected chi connectivity index (χ4v) is 1.94. The van der Waals surface area contributed by atoms with E-state index in [-0.39, 0.29) is 17.6 Å². The molecule has 4 heteroatoms. The van der Waals surface area contributed by atoms with Gasteiger partial charge in [-0.1, -0.05) is 0 Å². The van der Waals surface area contributed by atoms with Gasteiger partial charge in [0.05, 0.1) is 24.5 Å². The van der Waals surface area contributed by atoms with E-state index in [9.17, 15) is 4.79 Å². The van der Waals surface area contributed by atoms with Crippen molar-refractivity contribution in [3.8, 4) is 6.07 Å². The molecule has 0 radical (unpaired) electrons. The predicted octanol–water partition coefficient (Wildman–Crippen LogP) is 1.71. The zero-order chi connectivity index (χ0) is 12.2. The molecule has 1 atom stereocenters. The molecule has 0 bridgehead atoms. The van der Waals surface area contributed by atoms with Crippen LogP contribution in [-0.4, -0.2) is 36.6 Å². The maximum Gasteiger partial charge on any atom is 0.225 e. The molecule has 0 aliphatic heterocycles. The lowest BCUT2D eigenvalue weighted by molar-refractivity contribution is -0.144. The third-order valence-corrected chi connectivity index (χ3v) is 3.61. The van der Waals surface area contributed by atoms with Gasteiger partial charge in [-0.3, -0.25) is 4.79 Å². The van der Waals surface area contributed by atoms with Crippen molar-refractivity contribution in [2.45, 2.75) is 50.7 Å². The van der Waals surface area contributed by atoms with E-state index in [1.807, 2.05) is 6.92 Å². The number of carbonyl (C=O) groups excluding carboxylic acids is 1. The van der Waals surface area contributed by atoms with Gasteiger partial charge in [0.1, 0.15) is 0 Å². The second kappa shape index (κ2) is 5.31. The summed E-state index contributed by atoms with van der Waals surface area (Å²) in [5.41, 5.74) is -0.224. The zero-order valence-corrected chi connectivity index (χ0v) is 10.3. The van der Waals surface area contributed by atoms with Gasteiger partial charge in [-0.25, -0.2) is 0 Å². The predicted molar refractivity (Wildman–Crippen MR) is 60.7 cm³/mol. The molecular weight excluding hydrogens is 204 g/mol. The Labute approximate surface area is 97.2 Å². The van der Waals surface area contributed by atoms with Crippen molar-refractivity contribution in [3.63, 3.8) is 0 Å². The number of amides is 1. The van der Waals surface area contributed by atoms with Gasteiger partial charge >= 0.3 is 0 Å². The Hall–Kier alpha value is -1.08. The summed E-state index contributed by atoms with van der Waals surface area (Å²) >= 11 is 0. The summed E-state index contributed by atoms with van der Waals surface area (Å²) in [6.07, 6.45) is 3.89. The van der Waals surface area contributed by atoms with Gasteiger partial charge in [0.25, 0.3) is 0 Å². The summed E-state index contributed by atoms with van der Waals surface area (Å²) in [6, 6.07) is 2.06. The number of rotatable bonds is 5. The van der Waals surface area contributed by atoms with Crippen molar-refractivity contribution in [1.82, 2.24) is 4.90 Å². The Kier molecular flexibility index (Phi) is 4.31. The highest BCUT2D eigenvalue weighted by Gasteiger charge is 2.40. The van der Waals surface area contributed by atoms with E-state index in [2.05, 4.69) is 6.07 Å². The monoisotopic (exact) mass is 224 g/mol. The topological polar surface area (TPSA) is 53.3 Å². The van der Waals surface area contributed by atoms with Crippen LogP contribution < -0.4 is 0 Å². The molecule has 90 valence electrons. The molecule has 1 amide bonds. The van der Waals surface area contributed by atoms with Gasteiger partial charge in [0, 0.05) is 20.2 Å². The Balaban J connectivity index is 2.48. The van der Waals surface area contributed by atoms with Crippen LogP contribution in [-0.2, 0) is 9.53 Å². The quantitative estimate of drug-likeness (QED) is 0.714. The van der Waals surface area contributed by atoms with Gasteiger partial charge in [-0.05, 0) is 26.2 Å². The average molecular weight is 224 g/mol. The molecule has 0 N–H and O–H groups in total. The molecule has 0 saturated heterocycles. The molecule has 0 aromatic carbocycles. The molecule has 16 heavy (non-hydrogen) atoms. The van der Waals surface area contributed by atoms with E-state index in [4.69, 9.17) is 10.00 Å². The molecule has 1 aliphatic rings. The van der Waals surface area contributed by atoms with Crippen LogP contribution in [0.15, 0.2) is 0 Å². The van der Waals surface area contributed by atoms with Gasteiger partial charge in [-0.15, -0.1) is 0 Å². The van der Waals surface area contributed by atoms with Crippen LogP contribution in [0.1, 0.15) is 39.0 Å². The van der Waals surface area contributed by atoms with E-state index >= 15 is 0 Å². The van der Waals surface area contributed by atoms with Crippen LogP contribution >= 0.6 is 0 Å². The average Bonchev–Trinajstić information content (AvgIpc) is 2.22. The molecule has 0 spiro atoms. The van der Waals surface area contributed by atoms with Gasteiger partial charge in [0.2, 0.25) is 5.91 Å². The second-order valence-electron chi connectivity index (χ2n) is 4.63. The van der Waals surface area contributed by atoms with Crippen molar-refractivity contribution in [3.05, 3.63) is 0 Å². The summed E-state index contributed by atoms with van der Waals surface area (Å²) in [4.78, 5) is 13.6. The van der Waals surface area contributed by atoms with Crippen molar-refractivity contribution >= 4 is 5.91 Å². The Morgan fingerprint density at radius 2 is 2.25 bits per heavy atom. The zero-order valence-electron chi connectivity index (χ0n) is 10.3. The summed E-state index contributed by atoms with van der Waals surface area (Å²) in [5, 5.41) is 8.59. The first-order chi connectivity index (χ1) is 7.54. The van der Waals surface area contributed by atoms with Crippen LogP contribution in [0.25, 0.3) is 0 Å². The van der Waals surface area contributed by atoms with Gasteiger partial charge in [0.15, 0.2) is 0 Å². The molecule has 0 aromatic heterocycles. The van der Waals surface area contributed by atoms with Crippen LogP contribution in [0, 0.1) is 11.3 Å². The first-order valence-electron chi connectivity index (χ1n) is 5.72. The molecule has 1 rings (SSSR count). The fraction of sp³-hybridized carbons (Fsp3) is 0.833. The molecular formula is C12H20N2O2. The highest BCUT2D eigenvalue weighted by molar-refractivity contribution is 5.77. The molecule has 1 saturated carbocycles. The molecule has 1 fully saturated rings. The summed E-state index contributed by atoms with van der Waals surface area (Å²) < 4.78 is 5.42. The second-order valence-corrected chi connectivity index (χ2v) is 4.63. The van der Waals surface area contributed by atoms with Crippen molar-refractivity contribution in [2.75, 3.05) is 14.2 Å². The molecule has 0 heterocycles. The third kappa shape index (κ3) is 2.73. The first kappa shape index (κ1) is 13.0. The largest absolute Gasteiger partial charge is 0.378 e. The summed E-state index contributed by atoms with van der Waals surface area (Å²) in [5.74, 6) is 0.0734. The fourth-order valence-electron chi connectivity index (χ4n) is 1.94. The number of carbonyl (C=O) groups is 1. The maximum atomic E-state index is 12.0. The lowest BCUT2D eigenvalue weighted by Crippen LogP contribution is -2.46. The van der Waals surface area contributed by atoms with E-state index in [1.165, 1.54) is 0 Å². The third-order valence-electron chi connectivity index (χ3n) is 3.61. The Morgan fingerprint density at radius 3 is 2.62 bits per heavy atom. The number of hydrogen-bond acceptors (Lipinski definition) is 3. The highest BCUT2D eigenvalue weighted by atomic mass is 16.5. The molecule has 1 aliphatic carbocycles. The minimum atomic E-state index is -0.224. The number of nitriles is 1. The molecule has 1 unspecified atom stereocenters. The van der Waals surface area contributed by atoms with Crippen molar-refractivity contribution < 1.29 is 9.53 Å². The standard InChI is InChI=1S/C12H20N2O2/c1-10(5-8-13)14(2)11(15)9-12(16-3)6-4-7-12/h10H,4-7,9H2,1-3H3. The van der Waals surface area contributed by atoms with E-state index in [1.54, 1.807) is 19.1 Å². The smallest absolute Gasteiger partial charge is 0.225 e. The summed E-state index contributed by atoms with van der Waals surface area (Å²) in [6.45, 7) is 1.89. The number of methoxy groups -OCH3 is 1. The minimum absolute atomic E-state index is 0.0218. The van der Waals surface area contributed by atoms with Crippen LogP contribution in [0.4, 0.5) is 0 Å². The van der Waals surface area contributed by atoms with Crippen LogP contribution in [0.3, 0.4) is 0 Å². The van der Waals surface area contributed by atoms with E-state index in [0.717, 1.165) is 19.3 Å². The number of ether oxygens (including phenoxy) is 1.